The Kier molecular flexibility index (Phi) is 31.1. The molecule has 0 aliphatic heterocycles. The van der Waals surface area contributed by atoms with Crippen molar-refractivity contribution in [3.8, 4) is 0 Å². The number of hydrogen-bond acceptors (Lipinski definition) is 11. The Morgan fingerprint density at radius 3 is 1.09 bits per heavy atom. The van der Waals surface area contributed by atoms with E-state index >= 15 is 0 Å². The molecule has 0 rings (SSSR count). The quantitative estimate of drug-likeness (QED) is 0.187. The minimum atomic E-state index is -4.41. The molecule has 124 valence electrons. The molecule has 17 heteroatoms. The van der Waals surface area contributed by atoms with E-state index in [0.717, 1.165) is 0 Å². The molecule has 0 saturated carbocycles. The zero-order chi connectivity index (χ0) is 16.8. The molecular weight excluding hydrogens is 378 g/mol. The van der Waals surface area contributed by atoms with Gasteiger partial charge in [0.1, 0.15) is 0 Å². The first-order valence-corrected chi connectivity index (χ1v) is 7.03. The smallest absolute Gasteiger partial charge is 0.652 e. The summed E-state index contributed by atoms with van der Waals surface area (Å²) >= 11 is 0. The van der Waals surface area contributed by atoms with E-state index in [1.807, 2.05) is 0 Å². The van der Waals surface area contributed by atoms with Crippen LogP contribution in [0.2, 0.25) is 0 Å². The summed E-state index contributed by atoms with van der Waals surface area (Å²) in [4.78, 5) is 16.1. The molecule has 0 aromatic rings. The van der Waals surface area contributed by atoms with Crippen molar-refractivity contribution in [3.63, 3.8) is 0 Å². The monoisotopic (exact) mass is 390 g/mol. The fourth-order valence-electron chi connectivity index (χ4n) is 0.218. The molecule has 0 spiro atoms. The Labute approximate surface area is 171 Å². The molecule has 0 radical (unpaired) electrons. The minimum Gasteiger partial charge on any atom is -0.652 e. The van der Waals surface area contributed by atoms with Crippen molar-refractivity contribution in [2.75, 3.05) is 13.2 Å². The molecule has 0 atom stereocenters. The van der Waals surface area contributed by atoms with Crippen LogP contribution in [0, 0.1) is 0 Å². The normalized spacial score (nSPS) is 9.64. The van der Waals surface area contributed by atoms with E-state index in [1.54, 1.807) is 0 Å². The maximum atomic E-state index is 9.60. The molecule has 0 fully saturated rings. The summed E-state index contributed by atoms with van der Waals surface area (Å²) in [5.41, 5.74) is 0. The van der Waals surface area contributed by atoms with Crippen molar-refractivity contribution in [1.82, 2.24) is 0 Å². The number of hydrogen-bond donors (Lipinski definition) is 2. The second-order valence-corrected chi connectivity index (χ2v) is 4.04. The van der Waals surface area contributed by atoms with Gasteiger partial charge >= 0.3 is 79.9 Å². The SMILES string of the molecule is CCOOS(=O)(=O)O.CCOOS(=O)(=O)O.O=C([O-])[O-].[Na+].[Na+]. The van der Waals surface area contributed by atoms with E-state index in [0.29, 0.717) is 0 Å². The van der Waals surface area contributed by atoms with E-state index in [1.165, 1.54) is 13.8 Å². The summed E-state index contributed by atoms with van der Waals surface area (Å²) in [6.07, 6.45) is -2.33. The zero-order valence-corrected chi connectivity index (χ0v) is 17.7. The van der Waals surface area contributed by atoms with Gasteiger partial charge in [-0.3, -0.25) is 9.11 Å². The van der Waals surface area contributed by atoms with Gasteiger partial charge in [0.25, 0.3) is 0 Å². The van der Waals surface area contributed by atoms with Crippen LogP contribution in [0.15, 0.2) is 0 Å². The fraction of sp³-hybridized carbons (Fsp3) is 0.800. The van der Waals surface area contributed by atoms with Crippen molar-refractivity contribution in [1.29, 1.82) is 0 Å². The largest absolute Gasteiger partial charge is 1.00 e. The first-order valence-electron chi connectivity index (χ1n) is 4.30. The molecule has 0 heterocycles. The fourth-order valence-corrected chi connectivity index (χ4v) is 0.653. The Morgan fingerprint density at radius 2 is 1.05 bits per heavy atom. The van der Waals surface area contributed by atoms with Gasteiger partial charge in [-0.1, -0.05) is 8.67 Å². The summed E-state index contributed by atoms with van der Waals surface area (Å²) in [5.74, 6) is 0. The van der Waals surface area contributed by atoms with E-state index in [4.69, 9.17) is 24.1 Å². The van der Waals surface area contributed by atoms with Crippen molar-refractivity contribution >= 4 is 27.0 Å². The molecule has 0 aromatic carbocycles. The Balaban J connectivity index is -0.0000000661. The third-order valence-electron chi connectivity index (χ3n) is 0.504. The molecule has 0 saturated heterocycles. The van der Waals surface area contributed by atoms with Crippen LogP contribution in [0.5, 0.6) is 0 Å². The molecule has 0 unspecified atom stereocenters. The number of rotatable bonds is 6. The first-order chi connectivity index (χ1) is 8.85. The molecule has 0 aliphatic rings. The zero-order valence-electron chi connectivity index (χ0n) is 12.1. The molecule has 0 aliphatic carbocycles. The number of carboxylic acid groups (broad SMARTS) is 2. The van der Waals surface area contributed by atoms with E-state index < -0.39 is 27.0 Å². The average molecular weight is 390 g/mol. The van der Waals surface area contributed by atoms with Gasteiger partial charge < -0.3 is 15.0 Å². The van der Waals surface area contributed by atoms with Crippen LogP contribution in [0.3, 0.4) is 0 Å². The van der Waals surface area contributed by atoms with Crippen molar-refractivity contribution in [3.05, 3.63) is 0 Å². The van der Waals surface area contributed by atoms with Gasteiger partial charge in [0.2, 0.25) is 0 Å². The molecular formula is C5H12Na2O13S2. The molecule has 22 heavy (non-hydrogen) atoms. The molecule has 0 amide bonds. The van der Waals surface area contributed by atoms with Gasteiger partial charge in [-0.2, -0.15) is 16.8 Å². The van der Waals surface area contributed by atoms with Crippen LogP contribution < -0.4 is 69.3 Å². The molecule has 0 aromatic heterocycles. The van der Waals surface area contributed by atoms with Gasteiger partial charge in [-0.25, -0.2) is 9.78 Å². The maximum absolute atomic E-state index is 9.60. The van der Waals surface area contributed by atoms with Gasteiger partial charge in [0, 0.05) is 0 Å². The van der Waals surface area contributed by atoms with Gasteiger partial charge in [0.15, 0.2) is 0 Å². The predicted molar refractivity (Wildman–Crippen MR) is 53.9 cm³/mol. The van der Waals surface area contributed by atoms with Crippen LogP contribution >= 0.6 is 0 Å². The minimum absolute atomic E-state index is 0. The third kappa shape index (κ3) is 69.6. The molecule has 13 nitrogen and oxygen atoms in total. The van der Waals surface area contributed by atoms with Crippen molar-refractivity contribution in [2.24, 2.45) is 0 Å². The maximum Gasteiger partial charge on any atom is 1.00 e. The van der Waals surface area contributed by atoms with E-state index in [9.17, 15) is 16.8 Å². The molecule has 2 N–H and O–H groups in total. The second-order valence-electron chi connectivity index (χ2n) is 2.05. The number of carbonyl (C=O) groups excluding carboxylic acids is 1. The standard InChI is InChI=1S/2C2H6O5S.CH2O3.2Na/c2*1-2-6-7-8(3,4)5;2-1(3)4;;/h2*2H2,1H3,(H,3,4,5);(H2,2,3,4);;/q;;;2*+1/p-2. The van der Waals surface area contributed by atoms with Crippen LogP contribution in [-0.4, -0.2) is 45.3 Å². The van der Waals surface area contributed by atoms with Crippen LogP contribution in [0.4, 0.5) is 4.79 Å². The summed E-state index contributed by atoms with van der Waals surface area (Å²) < 4.78 is 60.8. The predicted octanol–water partition coefficient (Wildman–Crippen LogP) is -8.92. The van der Waals surface area contributed by atoms with Crippen molar-refractivity contribution < 1.29 is 119 Å². The summed E-state index contributed by atoms with van der Waals surface area (Å²) in [6, 6.07) is 0. The Morgan fingerprint density at radius 1 is 0.864 bits per heavy atom. The van der Waals surface area contributed by atoms with Gasteiger partial charge in [0.05, 0.1) is 13.2 Å². The summed E-state index contributed by atoms with van der Waals surface area (Å²) in [7, 11) is -8.82. The number of carbonyl (C=O) groups is 1. The Bertz CT molecular complexity index is 391. The van der Waals surface area contributed by atoms with Crippen molar-refractivity contribution in [2.45, 2.75) is 13.8 Å². The Hall–Kier alpha value is 0.930. The second kappa shape index (κ2) is 20.0. The van der Waals surface area contributed by atoms with Gasteiger partial charge in [-0.05, 0) is 20.0 Å². The first kappa shape index (κ1) is 34.3. The summed E-state index contributed by atoms with van der Waals surface area (Å²) in [6.45, 7) is 3.18. The van der Waals surface area contributed by atoms with Crippen LogP contribution in [-0.2, 0) is 39.2 Å². The van der Waals surface area contributed by atoms with E-state index in [2.05, 4.69) is 18.4 Å². The van der Waals surface area contributed by atoms with Crippen LogP contribution in [0.1, 0.15) is 13.8 Å². The van der Waals surface area contributed by atoms with E-state index in [-0.39, 0.29) is 72.3 Å². The van der Waals surface area contributed by atoms with Gasteiger partial charge in [-0.15, -0.1) is 0 Å². The third-order valence-corrected chi connectivity index (χ3v) is 1.04. The van der Waals surface area contributed by atoms with Crippen LogP contribution in [0.25, 0.3) is 0 Å². The summed E-state index contributed by atoms with van der Waals surface area (Å²) in [5, 5.41) is 16.7. The topological polar surface area (TPSA) is 209 Å². The average Bonchev–Trinajstić information content (AvgIpc) is 2.21. The molecule has 0 bridgehead atoms.